The topological polar surface area (TPSA) is 97.1 Å². The third-order valence-electron chi connectivity index (χ3n) is 5.46. The van der Waals surface area contributed by atoms with Crippen molar-refractivity contribution >= 4 is 11.8 Å². The average Bonchev–Trinajstić information content (AvgIpc) is 3.40. The second-order valence-corrected chi connectivity index (χ2v) is 7.79. The van der Waals surface area contributed by atoms with Crippen LogP contribution in [0.3, 0.4) is 0 Å². The van der Waals surface area contributed by atoms with Crippen molar-refractivity contribution in [1.82, 2.24) is 20.8 Å². The fourth-order valence-electron chi connectivity index (χ4n) is 3.82. The fraction of sp³-hybridized carbons (Fsp3) is 0.304. The molecule has 0 aliphatic carbocycles. The van der Waals surface area contributed by atoms with Gasteiger partial charge in [-0.3, -0.25) is 9.59 Å². The number of nitrogens with zero attached hydrogens (tertiary/aromatic N) is 2. The second kappa shape index (κ2) is 9.07. The normalized spacial score (nSPS) is 18.0. The minimum Gasteiger partial charge on any atom is -0.350 e. The van der Waals surface area contributed by atoms with Gasteiger partial charge in [-0.1, -0.05) is 47.6 Å². The first-order valence-electron chi connectivity index (χ1n) is 10.2. The van der Waals surface area contributed by atoms with Crippen molar-refractivity contribution in [1.29, 1.82) is 0 Å². The number of hydrogen-bond acceptors (Lipinski definition) is 5. The van der Waals surface area contributed by atoms with E-state index >= 15 is 0 Å². The van der Waals surface area contributed by atoms with E-state index in [0.29, 0.717) is 37.4 Å². The molecule has 3 aromatic rings. The van der Waals surface area contributed by atoms with Crippen LogP contribution in [-0.4, -0.2) is 27.5 Å². The van der Waals surface area contributed by atoms with Crippen LogP contribution in [0.15, 0.2) is 59.1 Å². The number of halogens is 1. The van der Waals surface area contributed by atoms with Gasteiger partial charge in [-0.15, -0.1) is 0 Å². The SMILES string of the molecule is O=C(CCC1(Cc2ccc(F)cc2)CCC(=O)N1)NCc1nc(-c2ccccc2)no1. The van der Waals surface area contributed by atoms with E-state index in [1.54, 1.807) is 12.1 Å². The maximum Gasteiger partial charge on any atom is 0.246 e. The van der Waals surface area contributed by atoms with Crippen LogP contribution in [0.2, 0.25) is 0 Å². The van der Waals surface area contributed by atoms with Gasteiger partial charge in [-0.2, -0.15) is 4.98 Å². The van der Waals surface area contributed by atoms with Crippen LogP contribution >= 0.6 is 0 Å². The Bertz CT molecular complexity index is 1050. The van der Waals surface area contributed by atoms with Gasteiger partial charge in [0, 0.05) is 23.9 Å². The van der Waals surface area contributed by atoms with E-state index in [0.717, 1.165) is 11.1 Å². The first-order chi connectivity index (χ1) is 15.0. The molecule has 0 saturated carbocycles. The molecule has 160 valence electrons. The highest BCUT2D eigenvalue weighted by Crippen LogP contribution is 2.29. The Kier molecular flexibility index (Phi) is 6.06. The molecule has 2 N–H and O–H groups in total. The number of benzene rings is 2. The molecule has 1 aliphatic heterocycles. The maximum absolute atomic E-state index is 13.2. The number of carbonyl (C=O) groups is 2. The second-order valence-electron chi connectivity index (χ2n) is 7.79. The lowest BCUT2D eigenvalue weighted by Crippen LogP contribution is -2.44. The van der Waals surface area contributed by atoms with Gasteiger partial charge in [-0.25, -0.2) is 4.39 Å². The Morgan fingerprint density at radius 1 is 1.16 bits per heavy atom. The zero-order chi connectivity index (χ0) is 21.7. The summed E-state index contributed by atoms with van der Waals surface area (Å²) in [5, 5.41) is 9.75. The Hall–Kier alpha value is -3.55. The first kappa shape index (κ1) is 20.7. The number of rotatable bonds is 8. The van der Waals surface area contributed by atoms with E-state index in [4.69, 9.17) is 4.52 Å². The van der Waals surface area contributed by atoms with Crippen molar-refractivity contribution in [3.8, 4) is 11.4 Å². The predicted molar refractivity (Wildman–Crippen MR) is 111 cm³/mol. The zero-order valence-electron chi connectivity index (χ0n) is 16.9. The standard InChI is InChI=1S/C23H23FN4O3/c24-18-8-6-16(7-9-18)14-23(13-11-20(30)27-23)12-10-19(29)25-15-21-26-22(28-31-21)17-4-2-1-3-5-17/h1-9H,10-15H2,(H,25,29)(H,27,30). The molecule has 1 fully saturated rings. The summed E-state index contributed by atoms with van der Waals surface area (Å²) in [5.41, 5.74) is 1.25. The van der Waals surface area contributed by atoms with Crippen LogP contribution in [-0.2, 0) is 22.6 Å². The summed E-state index contributed by atoms with van der Waals surface area (Å²) in [7, 11) is 0. The highest BCUT2D eigenvalue weighted by molar-refractivity contribution is 5.80. The monoisotopic (exact) mass is 422 g/mol. The molecule has 31 heavy (non-hydrogen) atoms. The van der Waals surface area contributed by atoms with Gasteiger partial charge < -0.3 is 15.2 Å². The molecule has 1 aliphatic rings. The highest BCUT2D eigenvalue weighted by atomic mass is 19.1. The zero-order valence-corrected chi connectivity index (χ0v) is 16.9. The van der Waals surface area contributed by atoms with Crippen molar-refractivity contribution in [2.45, 2.75) is 44.2 Å². The Labute approximate surface area is 179 Å². The molecule has 2 amide bonds. The third-order valence-corrected chi connectivity index (χ3v) is 5.46. The van der Waals surface area contributed by atoms with Crippen LogP contribution in [0, 0.1) is 5.82 Å². The Morgan fingerprint density at radius 2 is 1.94 bits per heavy atom. The average molecular weight is 422 g/mol. The third kappa shape index (κ3) is 5.33. The highest BCUT2D eigenvalue weighted by Gasteiger charge is 2.37. The molecule has 1 unspecified atom stereocenters. The lowest BCUT2D eigenvalue weighted by molar-refractivity contribution is -0.123. The molecule has 0 bridgehead atoms. The molecule has 4 rings (SSSR count). The van der Waals surface area contributed by atoms with Gasteiger partial charge in [0.2, 0.25) is 23.5 Å². The summed E-state index contributed by atoms with van der Waals surface area (Å²) in [5.74, 6) is 0.296. The number of nitrogens with one attached hydrogen (secondary N) is 2. The molecule has 2 heterocycles. The van der Waals surface area contributed by atoms with Crippen LogP contribution in [0.25, 0.3) is 11.4 Å². The molecule has 0 radical (unpaired) electrons. The lowest BCUT2D eigenvalue weighted by Gasteiger charge is -2.29. The molecule has 2 aromatic carbocycles. The van der Waals surface area contributed by atoms with Crippen molar-refractivity contribution in [2.75, 3.05) is 0 Å². The molecule has 7 nitrogen and oxygen atoms in total. The Balaban J connectivity index is 1.31. The van der Waals surface area contributed by atoms with Crippen LogP contribution in [0.1, 0.15) is 37.1 Å². The van der Waals surface area contributed by atoms with E-state index in [1.807, 2.05) is 30.3 Å². The first-order valence-corrected chi connectivity index (χ1v) is 10.2. The van der Waals surface area contributed by atoms with Gasteiger partial charge in [0.05, 0.1) is 6.54 Å². The number of aromatic nitrogens is 2. The van der Waals surface area contributed by atoms with Gasteiger partial charge in [0.1, 0.15) is 5.82 Å². The largest absolute Gasteiger partial charge is 0.350 e. The summed E-state index contributed by atoms with van der Waals surface area (Å²) in [4.78, 5) is 28.6. The quantitative estimate of drug-likeness (QED) is 0.581. The maximum atomic E-state index is 13.2. The van der Waals surface area contributed by atoms with Crippen molar-refractivity contribution in [2.24, 2.45) is 0 Å². The minimum absolute atomic E-state index is 0.0261. The smallest absolute Gasteiger partial charge is 0.246 e. The van der Waals surface area contributed by atoms with Gasteiger partial charge in [0.15, 0.2) is 0 Å². The van der Waals surface area contributed by atoms with E-state index < -0.39 is 5.54 Å². The van der Waals surface area contributed by atoms with Gasteiger partial charge >= 0.3 is 0 Å². The van der Waals surface area contributed by atoms with Crippen molar-refractivity contribution in [3.05, 3.63) is 71.9 Å². The summed E-state index contributed by atoms with van der Waals surface area (Å²) < 4.78 is 18.4. The minimum atomic E-state index is -0.503. The molecule has 1 atom stereocenters. The van der Waals surface area contributed by atoms with Crippen LogP contribution in [0.4, 0.5) is 4.39 Å². The molecular weight excluding hydrogens is 399 g/mol. The van der Waals surface area contributed by atoms with E-state index in [1.165, 1.54) is 12.1 Å². The van der Waals surface area contributed by atoms with Crippen molar-refractivity contribution < 1.29 is 18.5 Å². The summed E-state index contributed by atoms with van der Waals surface area (Å²) in [6.45, 7) is 0.135. The lowest BCUT2D eigenvalue weighted by atomic mass is 9.85. The van der Waals surface area contributed by atoms with Gasteiger partial charge in [-0.05, 0) is 37.0 Å². The van der Waals surface area contributed by atoms with Crippen molar-refractivity contribution in [3.63, 3.8) is 0 Å². The summed E-state index contributed by atoms with van der Waals surface area (Å²) in [6, 6.07) is 15.7. The predicted octanol–water partition coefficient (Wildman–Crippen LogP) is 3.16. The summed E-state index contributed by atoms with van der Waals surface area (Å²) in [6.07, 6.45) is 2.34. The van der Waals surface area contributed by atoms with Gasteiger partial charge in [0.25, 0.3) is 0 Å². The number of carbonyl (C=O) groups excluding carboxylic acids is 2. The number of hydrogen-bond donors (Lipinski definition) is 2. The fourth-order valence-corrected chi connectivity index (χ4v) is 3.82. The Morgan fingerprint density at radius 3 is 2.65 bits per heavy atom. The molecule has 0 spiro atoms. The van der Waals surface area contributed by atoms with Crippen LogP contribution < -0.4 is 10.6 Å². The molecular formula is C23H23FN4O3. The van der Waals surface area contributed by atoms with E-state index in [9.17, 15) is 14.0 Å². The van der Waals surface area contributed by atoms with E-state index in [-0.39, 0.29) is 30.6 Å². The number of amides is 2. The van der Waals surface area contributed by atoms with Crippen LogP contribution in [0.5, 0.6) is 0 Å². The van der Waals surface area contributed by atoms with E-state index in [2.05, 4.69) is 20.8 Å². The molecule has 8 heteroatoms. The summed E-state index contributed by atoms with van der Waals surface area (Å²) >= 11 is 0. The molecule has 1 saturated heterocycles. The molecule has 1 aromatic heterocycles.